The van der Waals surface area contributed by atoms with Crippen molar-refractivity contribution in [2.75, 3.05) is 37.0 Å². The van der Waals surface area contributed by atoms with Gasteiger partial charge in [0.1, 0.15) is 12.4 Å². The number of benzene rings is 3. The van der Waals surface area contributed by atoms with Gasteiger partial charge in [-0.15, -0.1) is 0 Å². The lowest BCUT2D eigenvalue weighted by molar-refractivity contribution is -0.124. The fourth-order valence-corrected chi connectivity index (χ4v) is 5.83. The molecule has 1 amide bonds. The number of carbonyl (C=O) groups is 1. The van der Waals surface area contributed by atoms with E-state index in [1.165, 1.54) is 4.90 Å². The van der Waals surface area contributed by atoms with Gasteiger partial charge in [-0.2, -0.15) is 0 Å². The van der Waals surface area contributed by atoms with Gasteiger partial charge in [0, 0.05) is 37.2 Å². The zero-order valence-electron chi connectivity index (χ0n) is 20.2. The summed E-state index contributed by atoms with van der Waals surface area (Å²) in [6, 6.07) is 23.0. The number of anilines is 1. The summed E-state index contributed by atoms with van der Waals surface area (Å²) in [4.78, 5) is 20.4. The van der Waals surface area contributed by atoms with Crippen LogP contribution in [0.5, 0.6) is 5.75 Å². The first kappa shape index (κ1) is 25.0. The molecule has 37 heavy (non-hydrogen) atoms. The van der Waals surface area contributed by atoms with Gasteiger partial charge in [-0.3, -0.25) is 4.79 Å². The highest BCUT2D eigenvalue weighted by atomic mass is 32.2. The number of ether oxygens (including phenoxy) is 2. The van der Waals surface area contributed by atoms with Gasteiger partial charge in [-0.05, 0) is 48.0 Å². The van der Waals surface area contributed by atoms with Gasteiger partial charge in [0.15, 0.2) is 15.4 Å². The van der Waals surface area contributed by atoms with Crippen LogP contribution in [0.4, 0.5) is 5.69 Å². The van der Waals surface area contributed by atoms with E-state index in [2.05, 4.69) is 0 Å². The van der Waals surface area contributed by atoms with Crippen LogP contribution >= 0.6 is 0 Å². The summed E-state index contributed by atoms with van der Waals surface area (Å²) < 4.78 is 37.4. The van der Waals surface area contributed by atoms with Crippen molar-refractivity contribution < 1.29 is 27.8 Å². The van der Waals surface area contributed by atoms with E-state index < -0.39 is 15.4 Å². The molecule has 0 saturated carbocycles. The Labute approximate surface area is 216 Å². The predicted octanol–water partition coefficient (Wildman–Crippen LogP) is 3.03. The fraction of sp³-hybridized carbons (Fsp3) is 0.286. The number of amides is 1. The van der Waals surface area contributed by atoms with Crippen molar-refractivity contribution in [3.63, 3.8) is 0 Å². The Balaban J connectivity index is 1.39. The summed E-state index contributed by atoms with van der Waals surface area (Å²) in [6.07, 6.45) is 0.919. The van der Waals surface area contributed by atoms with Crippen molar-refractivity contribution in [3.05, 3.63) is 90.0 Å². The van der Waals surface area contributed by atoms with E-state index in [1.807, 2.05) is 36.4 Å². The Morgan fingerprint density at radius 3 is 2.49 bits per heavy atom. The van der Waals surface area contributed by atoms with Crippen molar-refractivity contribution in [1.29, 1.82) is 0 Å². The number of aliphatic hydroxyl groups excluding tert-OH is 1. The summed E-state index contributed by atoms with van der Waals surface area (Å²) in [5.74, 6) is 0.557. The molecule has 3 aromatic carbocycles. The summed E-state index contributed by atoms with van der Waals surface area (Å²) in [5, 5.41) is 8.91. The second-order valence-corrected chi connectivity index (χ2v) is 11.2. The summed E-state index contributed by atoms with van der Waals surface area (Å²) in [5.41, 5.74) is 1.18. The minimum absolute atomic E-state index is 0.0134. The average Bonchev–Trinajstić information content (AvgIpc) is 3.35. The molecule has 2 aliphatic rings. The van der Waals surface area contributed by atoms with Crippen LogP contribution in [0.15, 0.2) is 88.8 Å². The molecular formula is C28H28N2O6S. The zero-order valence-corrected chi connectivity index (χ0v) is 21.1. The first-order chi connectivity index (χ1) is 17.9. The normalized spacial score (nSPS) is 18.9. The quantitative estimate of drug-likeness (QED) is 0.435. The van der Waals surface area contributed by atoms with Crippen LogP contribution in [0.2, 0.25) is 0 Å². The number of para-hydroxylation sites is 1. The number of sulfone groups is 1. The van der Waals surface area contributed by atoms with Crippen LogP contribution < -0.4 is 9.64 Å². The maximum atomic E-state index is 13.8. The van der Waals surface area contributed by atoms with Gasteiger partial charge in [-0.1, -0.05) is 36.4 Å². The van der Waals surface area contributed by atoms with E-state index in [1.54, 1.807) is 42.5 Å². The van der Waals surface area contributed by atoms with Crippen molar-refractivity contribution in [2.24, 2.45) is 4.99 Å². The molecule has 2 heterocycles. The smallest absolute Gasteiger partial charge is 0.258 e. The molecule has 192 valence electrons. The Hall–Kier alpha value is -3.69. The number of hydrogen-bond acceptors (Lipinski definition) is 7. The minimum Gasteiger partial charge on any atom is -0.494 e. The predicted molar refractivity (Wildman–Crippen MR) is 140 cm³/mol. The molecule has 0 saturated heterocycles. The van der Waals surface area contributed by atoms with Crippen LogP contribution in [-0.4, -0.2) is 63.0 Å². The van der Waals surface area contributed by atoms with Crippen molar-refractivity contribution in [1.82, 2.24) is 0 Å². The SMILES string of the molecule is O=C1N(CCS(=O)(=O)c2ccccc2)c2ccccc2C[C@@]12COC(c1ccc(OCCCO)cc1)=N2. The molecule has 9 heteroatoms. The Morgan fingerprint density at radius 2 is 1.73 bits per heavy atom. The number of fused-ring (bicyclic) bond motifs is 1. The van der Waals surface area contributed by atoms with Gasteiger partial charge >= 0.3 is 0 Å². The van der Waals surface area contributed by atoms with Crippen molar-refractivity contribution in [2.45, 2.75) is 23.3 Å². The maximum absolute atomic E-state index is 13.8. The lowest BCUT2D eigenvalue weighted by atomic mass is 9.86. The molecule has 0 aromatic heterocycles. The van der Waals surface area contributed by atoms with Crippen LogP contribution in [0.25, 0.3) is 0 Å². The first-order valence-corrected chi connectivity index (χ1v) is 13.8. The number of rotatable bonds is 9. The van der Waals surface area contributed by atoms with E-state index in [0.717, 1.165) is 11.1 Å². The van der Waals surface area contributed by atoms with E-state index in [9.17, 15) is 13.2 Å². The van der Waals surface area contributed by atoms with Crippen LogP contribution in [0.3, 0.4) is 0 Å². The fourth-order valence-electron chi connectivity index (χ4n) is 4.60. The molecule has 1 spiro atoms. The highest BCUT2D eigenvalue weighted by Crippen LogP contribution is 2.38. The topological polar surface area (TPSA) is 106 Å². The summed E-state index contributed by atoms with van der Waals surface area (Å²) >= 11 is 0. The number of hydrogen-bond donors (Lipinski definition) is 1. The van der Waals surface area contributed by atoms with E-state index in [0.29, 0.717) is 36.8 Å². The van der Waals surface area contributed by atoms with E-state index in [4.69, 9.17) is 19.6 Å². The van der Waals surface area contributed by atoms with Crippen LogP contribution in [-0.2, 0) is 25.8 Å². The third-order valence-corrected chi connectivity index (χ3v) is 8.24. The van der Waals surface area contributed by atoms with E-state index >= 15 is 0 Å². The van der Waals surface area contributed by atoms with Crippen molar-refractivity contribution >= 4 is 27.3 Å². The maximum Gasteiger partial charge on any atom is 0.258 e. The van der Waals surface area contributed by atoms with Gasteiger partial charge in [-0.25, -0.2) is 13.4 Å². The summed E-state index contributed by atoms with van der Waals surface area (Å²) in [7, 11) is -3.57. The molecule has 0 unspecified atom stereocenters. The molecule has 0 radical (unpaired) electrons. The Kier molecular flexibility index (Phi) is 6.99. The molecule has 1 atom stereocenters. The van der Waals surface area contributed by atoms with Gasteiger partial charge in [0.2, 0.25) is 5.90 Å². The molecule has 3 aromatic rings. The van der Waals surface area contributed by atoms with Crippen LogP contribution in [0.1, 0.15) is 17.5 Å². The third kappa shape index (κ3) is 5.10. The van der Waals surface area contributed by atoms with Gasteiger partial charge in [0.05, 0.1) is 17.3 Å². The van der Waals surface area contributed by atoms with E-state index in [-0.39, 0.29) is 36.3 Å². The molecule has 8 nitrogen and oxygen atoms in total. The molecule has 5 rings (SSSR count). The minimum atomic E-state index is -3.57. The molecule has 0 bridgehead atoms. The van der Waals surface area contributed by atoms with Gasteiger partial charge < -0.3 is 19.5 Å². The van der Waals surface area contributed by atoms with Gasteiger partial charge in [0.25, 0.3) is 5.91 Å². The number of aliphatic imine (C=N–C) groups is 1. The second kappa shape index (κ2) is 10.4. The summed E-state index contributed by atoms with van der Waals surface area (Å²) in [6.45, 7) is 0.572. The highest BCUT2D eigenvalue weighted by molar-refractivity contribution is 7.91. The molecule has 0 fully saturated rings. The number of carbonyl (C=O) groups excluding carboxylic acids is 1. The Bertz CT molecular complexity index is 1410. The second-order valence-electron chi connectivity index (χ2n) is 9.08. The lowest BCUT2D eigenvalue weighted by Gasteiger charge is -2.37. The third-order valence-electron chi connectivity index (χ3n) is 6.53. The molecule has 2 aliphatic heterocycles. The number of aliphatic hydroxyl groups is 1. The lowest BCUT2D eigenvalue weighted by Crippen LogP contribution is -2.55. The number of nitrogens with zero attached hydrogens (tertiary/aromatic N) is 2. The Morgan fingerprint density at radius 1 is 1.00 bits per heavy atom. The molecule has 0 aliphatic carbocycles. The monoisotopic (exact) mass is 520 g/mol. The largest absolute Gasteiger partial charge is 0.494 e. The average molecular weight is 521 g/mol. The molecule has 1 N–H and O–H groups in total. The standard InChI is InChI=1S/C28H28N2O6S/c31-16-6-17-35-23-13-11-21(12-14-23)26-29-28(20-36-26)19-22-7-4-5-10-25(22)30(27(28)32)15-18-37(33,34)24-8-2-1-3-9-24/h1-5,7-14,31H,6,15-20H2/t28-/m1/s1. The van der Waals surface area contributed by atoms with Crippen LogP contribution in [0, 0.1) is 0 Å². The first-order valence-electron chi connectivity index (χ1n) is 12.2. The molecular weight excluding hydrogens is 492 g/mol. The van der Waals surface area contributed by atoms with Crippen molar-refractivity contribution in [3.8, 4) is 5.75 Å². The highest BCUT2D eigenvalue weighted by Gasteiger charge is 2.50. The zero-order chi connectivity index (χ0) is 25.9.